The Labute approximate surface area is 144 Å². The minimum absolute atomic E-state index is 0.0148. The summed E-state index contributed by atoms with van der Waals surface area (Å²) in [5, 5.41) is 10.6. The molecule has 3 aromatic rings. The fourth-order valence-electron chi connectivity index (χ4n) is 2.27. The maximum atomic E-state index is 13.0. The molecule has 7 heteroatoms. The van der Waals surface area contributed by atoms with Crippen LogP contribution in [0.3, 0.4) is 0 Å². The van der Waals surface area contributed by atoms with Crippen molar-refractivity contribution in [2.24, 2.45) is 0 Å². The first-order valence-corrected chi connectivity index (χ1v) is 7.94. The van der Waals surface area contributed by atoms with E-state index in [9.17, 15) is 22.8 Å². The maximum absolute atomic E-state index is 13.0. The highest BCUT2D eigenvalue weighted by Crippen LogP contribution is 2.39. The molecule has 0 spiro atoms. The molecule has 0 aliphatic rings. The average Bonchev–Trinajstić information content (AvgIpc) is 2.81. The summed E-state index contributed by atoms with van der Waals surface area (Å²) in [7, 11) is 0. The SMILES string of the molecule is CC.On1c(-c2ccc(F)cc2)c(Br)c2ccc(C(F)(F)F)cc21. The monoisotopic (exact) mass is 403 g/mol. The van der Waals surface area contributed by atoms with Gasteiger partial charge in [0.1, 0.15) is 11.5 Å². The van der Waals surface area contributed by atoms with Gasteiger partial charge in [-0.05, 0) is 52.3 Å². The third kappa shape index (κ3) is 3.26. The lowest BCUT2D eigenvalue weighted by Crippen LogP contribution is -2.04. The molecule has 2 aromatic carbocycles. The number of nitrogens with zero attached hydrogens (tertiary/aromatic N) is 1. The molecule has 0 amide bonds. The van der Waals surface area contributed by atoms with E-state index in [1.54, 1.807) is 0 Å². The number of rotatable bonds is 1. The van der Waals surface area contributed by atoms with Gasteiger partial charge in [0.05, 0.1) is 15.6 Å². The Morgan fingerprint density at radius 3 is 2.12 bits per heavy atom. The first-order valence-electron chi connectivity index (χ1n) is 7.15. The Morgan fingerprint density at radius 1 is 1.00 bits per heavy atom. The molecule has 24 heavy (non-hydrogen) atoms. The Morgan fingerprint density at radius 2 is 1.58 bits per heavy atom. The van der Waals surface area contributed by atoms with Gasteiger partial charge >= 0.3 is 6.18 Å². The van der Waals surface area contributed by atoms with Crippen molar-refractivity contribution < 1.29 is 22.8 Å². The maximum Gasteiger partial charge on any atom is 0.416 e. The summed E-state index contributed by atoms with van der Waals surface area (Å²) in [6.45, 7) is 4.00. The first-order chi connectivity index (χ1) is 11.3. The van der Waals surface area contributed by atoms with Gasteiger partial charge in [-0.15, -0.1) is 0 Å². The van der Waals surface area contributed by atoms with Gasteiger partial charge in [-0.2, -0.15) is 17.9 Å². The van der Waals surface area contributed by atoms with Crippen molar-refractivity contribution in [3.8, 4) is 11.3 Å². The summed E-state index contributed by atoms with van der Waals surface area (Å²) in [6.07, 6.45) is -4.50. The van der Waals surface area contributed by atoms with Crippen LogP contribution in [0.25, 0.3) is 22.2 Å². The predicted molar refractivity (Wildman–Crippen MR) is 88.6 cm³/mol. The quantitative estimate of drug-likeness (QED) is 0.364. The fourth-order valence-corrected chi connectivity index (χ4v) is 3.00. The lowest BCUT2D eigenvalue weighted by Gasteiger charge is -2.07. The molecule has 128 valence electrons. The van der Waals surface area contributed by atoms with Gasteiger partial charge < -0.3 is 5.21 Å². The van der Waals surface area contributed by atoms with E-state index in [2.05, 4.69) is 15.9 Å². The van der Waals surface area contributed by atoms with Gasteiger partial charge in [0.25, 0.3) is 0 Å². The molecule has 1 heterocycles. The number of hydrogen-bond acceptors (Lipinski definition) is 1. The molecule has 0 saturated heterocycles. The Kier molecular flexibility index (Phi) is 5.22. The topological polar surface area (TPSA) is 25.2 Å². The van der Waals surface area contributed by atoms with Gasteiger partial charge in [0.2, 0.25) is 0 Å². The van der Waals surface area contributed by atoms with E-state index in [1.807, 2.05) is 13.8 Å². The van der Waals surface area contributed by atoms with Crippen molar-refractivity contribution in [1.82, 2.24) is 4.73 Å². The predicted octanol–water partition coefficient (Wildman–Crippen LogP) is 6.49. The zero-order valence-electron chi connectivity index (χ0n) is 12.8. The number of halogens is 5. The number of fused-ring (bicyclic) bond motifs is 1. The normalized spacial score (nSPS) is 11.3. The number of hydrogen-bond donors (Lipinski definition) is 1. The van der Waals surface area contributed by atoms with E-state index in [4.69, 9.17) is 0 Å². The van der Waals surface area contributed by atoms with Gasteiger partial charge in [-0.3, -0.25) is 0 Å². The van der Waals surface area contributed by atoms with Crippen LogP contribution < -0.4 is 0 Å². The van der Waals surface area contributed by atoms with E-state index in [1.165, 1.54) is 30.3 Å². The van der Waals surface area contributed by atoms with Crippen LogP contribution in [-0.4, -0.2) is 9.94 Å². The fraction of sp³-hybridized carbons (Fsp3) is 0.176. The van der Waals surface area contributed by atoms with Gasteiger partial charge in [0, 0.05) is 10.9 Å². The van der Waals surface area contributed by atoms with Crippen LogP contribution in [0.5, 0.6) is 0 Å². The van der Waals surface area contributed by atoms with Crippen LogP contribution in [0.4, 0.5) is 17.6 Å². The Bertz CT molecular complexity index is 854. The third-order valence-electron chi connectivity index (χ3n) is 3.33. The molecule has 2 nitrogen and oxygen atoms in total. The summed E-state index contributed by atoms with van der Waals surface area (Å²) in [4.78, 5) is 0. The van der Waals surface area contributed by atoms with Crippen molar-refractivity contribution in [3.63, 3.8) is 0 Å². The average molecular weight is 404 g/mol. The molecule has 1 aromatic heterocycles. The van der Waals surface area contributed by atoms with E-state index >= 15 is 0 Å². The molecule has 1 N–H and O–H groups in total. The summed E-state index contributed by atoms with van der Waals surface area (Å²) in [5.74, 6) is -0.445. The molecular weight excluding hydrogens is 390 g/mol. The number of aromatic nitrogens is 1. The largest absolute Gasteiger partial charge is 0.428 e. The minimum Gasteiger partial charge on any atom is -0.428 e. The number of benzene rings is 2. The number of alkyl halides is 3. The highest BCUT2D eigenvalue weighted by atomic mass is 79.9. The second-order valence-corrected chi connectivity index (χ2v) is 5.50. The van der Waals surface area contributed by atoms with Gasteiger partial charge in [-0.1, -0.05) is 19.9 Å². The summed E-state index contributed by atoms with van der Waals surface area (Å²) in [5.41, 5.74) is -0.109. The second-order valence-electron chi connectivity index (χ2n) is 4.71. The van der Waals surface area contributed by atoms with Gasteiger partial charge in [0.15, 0.2) is 0 Å². The highest BCUT2D eigenvalue weighted by Gasteiger charge is 2.31. The van der Waals surface area contributed by atoms with E-state index in [0.29, 0.717) is 20.2 Å². The molecule has 0 radical (unpaired) electrons. The summed E-state index contributed by atoms with van der Waals surface area (Å²) < 4.78 is 52.4. The molecule has 0 aliphatic heterocycles. The highest BCUT2D eigenvalue weighted by molar-refractivity contribution is 9.10. The van der Waals surface area contributed by atoms with Crippen molar-refractivity contribution in [1.29, 1.82) is 0 Å². The van der Waals surface area contributed by atoms with E-state index in [-0.39, 0.29) is 11.2 Å². The second kappa shape index (κ2) is 6.84. The molecular formula is C17H14BrF4NO. The molecule has 0 atom stereocenters. The van der Waals surface area contributed by atoms with Crippen molar-refractivity contribution in [2.75, 3.05) is 0 Å². The van der Waals surface area contributed by atoms with Crippen LogP contribution in [0.2, 0.25) is 0 Å². The lowest BCUT2D eigenvalue weighted by atomic mass is 10.1. The third-order valence-corrected chi connectivity index (χ3v) is 4.13. The molecule has 0 unspecified atom stereocenters. The zero-order valence-corrected chi connectivity index (χ0v) is 14.4. The molecule has 0 aliphatic carbocycles. The smallest absolute Gasteiger partial charge is 0.416 e. The van der Waals surface area contributed by atoms with Crippen LogP contribution in [0.15, 0.2) is 46.9 Å². The molecule has 0 fully saturated rings. The Balaban J connectivity index is 0.00000100. The molecule has 0 bridgehead atoms. The van der Waals surface area contributed by atoms with Crippen molar-refractivity contribution in [3.05, 3.63) is 58.3 Å². The van der Waals surface area contributed by atoms with Crippen LogP contribution >= 0.6 is 15.9 Å². The lowest BCUT2D eigenvalue weighted by molar-refractivity contribution is -0.137. The molecule has 3 rings (SSSR count). The van der Waals surface area contributed by atoms with E-state index < -0.39 is 17.6 Å². The molecule has 0 saturated carbocycles. The Hall–Kier alpha value is -2.02. The first kappa shape index (κ1) is 18.3. The summed E-state index contributed by atoms with van der Waals surface area (Å²) >= 11 is 3.28. The van der Waals surface area contributed by atoms with Gasteiger partial charge in [-0.25, -0.2) is 4.39 Å². The van der Waals surface area contributed by atoms with Crippen molar-refractivity contribution in [2.45, 2.75) is 20.0 Å². The van der Waals surface area contributed by atoms with Crippen LogP contribution in [0.1, 0.15) is 19.4 Å². The standard InChI is InChI=1S/C15H8BrF4NO.C2H6/c16-13-11-6-3-9(15(18,19)20)7-12(11)21(22)14(13)8-1-4-10(17)5-2-8;1-2/h1-7,22H;1-2H3. The summed E-state index contributed by atoms with van der Waals surface area (Å²) in [6, 6.07) is 8.38. The zero-order chi connectivity index (χ0) is 18.1. The minimum atomic E-state index is -4.50. The van der Waals surface area contributed by atoms with Crippen molar-refractivity contribution >= 4 is 26.8 Å². The van der Waals surface area contributed by atoms with E-state index in [0.717, 1.165) is 12.1 Å². The van der Waals surface area contributed by atoms with Crippen LogP contribution in [0, 0.1) is 5.82 Å². The van der Waals surface area contributed by atoms with Crippen LogP contribution in [-0.2, 0) is 6.18 Å².